The Morgan fingerprint density at radius 1 is 1.45 bits per heavy atom. The number of anilines is 1. The second-order valence-corrected chi connectivity index (χ2v) is 3.99. The summed E-state index contributed by atoms with van der Waals surface area (Å²) in [5.41, 5.74) is 6.91. The molecule has 0 bridgehead atoms. The van der Waals surface area contributed by atoms with Gasteiger partial charge in [0.2, 0.25) is 5.91 Å². The third-order valence-electron chi connectivity index (χ3n) is 2.61. The summed E-state index contributed by atoms with van der Waals surface area (Å²) in [4.78, 5) is 11.5. The number of nitrogens with two attached hydrogens (primary N) is 1. The normalized spacial score (nSPS) is 9.90. The Morgan fingerprint density at radius 2 is 2.25 bits per heavy atom. The second-order valence-electron chi connectivity index (χ2n) is 3.99. The van der Waals surface area contributed by atoms with E-state index in [9.17, 15) is 4.79 Å². The molecule has 0 aliphatic carbocycles. The highest BCUT2D eigenvalue weighted by Crippen LogP contribution is 2.20. The topological polar surface area (TPSA) is 98.7 Å². The van der Waals surface area contributed by atoms with Crippen molar-refractivity contribution in [1.82, 2.24) is 20.2 Å². The summed E-state index contributed by atoms with van der Waals surface area (Å²) >= 11 is 0. The first-order valence-electron chi connectivity index (χ1n) is 6.11. The number of hydrogen-bond acceptors (Lipinski definition) is 5. The van der Waals surface area contributed by atoms with Crippen LogP contribution in [0.4, 0.5) is 5.69 Å². The number of hydrogen-bond donors (Lipinski definition) is 2. The number of rotatable bonds is 5. The van der Waals surface area contributed by atoms with Crippen LogP contribution >= 0.6 is 12.4 Å². The van der Waals surface area contributed by atoms with E-state index in [0.29, 0.717) is 31.0 Å². The molecule has 0 unspecified atom stereocenters. The van der Waals surface area contributed by atoms with Gasteiger partial charge in [0, 0.05) is 30.8 Å². The molecule has 0 fully saturated rings. The molecule has 0 atom stereocenters. The standard InChI is InChI=1S/C12H16N6O.ClH/c1-2-18-12(15-16-17-18)9-4-3-5-10(8-9)14-11(19)6-7-13;/h3-5,8H,2,6-7,13H2,1H3,(H,14,19);1H. The lowest BCUT2D eigenvalue weighted by atomic mass is 10.2. The number of nitrogens with zero attached hydrogens (tertiary/aromatic N) is 4. The van der Waals surface area contributed by atoms with Gasteiger partial charge < -0.3 is 11.1 Å². The fourth-order valence-corrected chi connectivity index (χ4v) is 1.72. The average molecular weight is 297 g/mol. The van der Waals surface area contributed by atoms with Crippen molar-refractivity contribution in [3.63, 3.8) is 0 Å². The molecule has 7 nitrogen and oxygen atoms in total. The number of amides is 1. The Bertz CT molecular complexity index is 571. The van der Waals surface area contributed by atoms with Gasteiger partial charge in [0.05, 0.1) is 0 Å². The fourth-order valence-electron chi connectivity index (χ4n) is 1.72. The molecular formula is C12H17ClN6O. The summed E-state index contributed by atoms with van der Waals surface area (Å²) < 4.78 is 1.70. The van der Waals surface area contributed by atoms with Gasteiger partial charge in [-0.25, -0.2) is 4.68 Å². The Morgan fingerprint density at radius 3 is 2.95 bits per heavy atom. The van der Waals surface area contributed by atoms with Gasteiger partial charge in [0.25, 0.3) is 0 Å². The number of aryl methyl sites for hydroxylation is 1. The van der Waals surface area contributed by atoms with Gasteiger partial charge in [0.1, 0.15) is 0 Å². The average Bonchev–Trinajstić information content (AvgIpc) is 2.87. The maximum atomic E-state index is 11.5. The Labute approximate surface area is 123 Å². The summed E-state index contributed by atoms with van der Waals surface area (Å²) in [5, 5.41) is 14.3. The Hall–Kier alpha value is -1.99. The van der Waals surface area contributed by atoms with Crippen LogP contribution in [0.2, 0.25) is 0 Å². The molecule has 8 heteroatoms. The van der Waals surface area contributed by atoms with Crippen LogP contribution in [0.3, 0.4) is 0 Å². The smallest absolute Gasteiger partial charge is 0.225 e. The zero-order valence-electron chi connectivity index (χ0n) is 11.1. The summed E-state index contributed by atoms with van der Waals surface area (Å²) in [6, 6.07) is 7.41. The van der Waals surface area contributed by atoms with Gasteiger partial charge in [0.15, 0.2) is 5.82 Å². The Kier molecular flexibility index (Phi) is 6.08. The minimum atomic E-state index is -0.102. The van der Waals surface area contributed by atoms with E-state index in [1.54, 1.807) is 4.68 Å². The first kappa shape index (κ1) is 16.1. The van der Waals surface area contributed by atoms with Gasteiger partial charge in [-0.05, 0) is 29.5 Å². The van der Waals surface area contributed by atoms with E-state index >= 15 is 0 Å². The summed E-state index contributed by atoms with van der Waals surface area (Å²) in [6.07, 6.45) is 0.303. The van der Waals surface area contributed by atoms with Crippen molar-refractivity contribution in [3.8, 4) is 11.4 Å². The second kappa shape index (κ2) is 7.56. The molecule has 1 aromatic carbocycles. The Balaban J connectivity index is 0.00000200. The van der Waals surface area contributed by atoms with Crippen molar-refractivity contribution in [2.24, 2.45) is 5.73 Å². The molecule has 2 rings (SSSR count). The highest BCUT2D eigenvalue weighted by atomic mass is 35.5. The summed E-state index contributed by atoms with van der Waals surface area (Å²) in [5.74, 6) is 0.576. The number of carbonyl (C=O) groups is 1. The van der Waals surface area contributed by atoms with Crippen molar-refractivity contribution in [2.45, 2.75) is 19.9 Å². The molecular weight excluding hydrogens is 280 g/mol. The van der Waals surface area contributed by atoms with Gasteiger partial charge >= 0.3 is 0 Å². The van der Waals surface area contributed by atoms with Crippen LogP contribution in [0.25, 0.3) is 11.4 Å². The zero-order valence-corrected chi connectivity index (χ0v) is 11.9. The number of tetrazole rings is 1. The van der Waals surface area contributed by atoms with Gasteiger partial charge in [-0.15, -0.1) is 17.5 Å². The first-order valence-corrected chi connectivity index (χ1v) is 6.11. The molecule has 2 aromatic rings. The molecule has 108 valence electrons. The number of nitrogens with one attached hydrogen (secondary N) is 1. The minimum Gasteiger partial charge on any atom is -0.330 e. The maximum absolute atomic E-state index is 11.5. The van der Waals surface area contributed by atoms with Crippen LogP contribution in [0, 0.1) is 0 Å². The molecule has 1 aromatic heterocycles. The van der Waals surface area contributed by atoms with Crippen molar-refractivity contribution in [2.75, 3.05) is 11.9 Å². The molecule has 0 aliphatic rings. The SMILES string of the molecule is CCn1nnnc1-c1cccc(NC(=O)CCN)c1.Cl. The maximum Gasteiger partial charge on any atom is 0.225 e. The molecule has 1 amide bonds. The van der Waals surface area contributed by atoms with E-state index in [-0.39, 0.29) is 18.3 Å². The lowest BCUT2D eigenvalue weighted by Crippen LogP contribution is -2.16. The molecule has 0 spiro atoms. The molecule has 0 aliphatic heterocycles. The minimum absolute atomic E-state index is 0. The van der Waals surface area contributed by atoms with Crippen LogP contribution < -0.4 is 11.1 Å². The van der Waals surface area contributed by atoms with Crippen LogP contribution in [-0.4, -0.2) is 32.7 Å². The number of aromatic nitrogens is 4. The third kappa shape index (κ3) is 3.75. The van der Waals surface area contributed by atoms with E-state index in [0.717, 1.165) is 5.56 Å². The lowest BCUT2D eigenvalue weighted by Gasteiger charge is -2.06. The van der Waals surface area contributed by atoms with Crippen LogP contribution in [-0.2, 0) is 11.3 Å². The highest BCUT2D eigenvalue weighted by Gasteiger charge is 2.08. The molecule has 20 heavy (non-hydrogen) atoms. The predicted octanol–water partition coefficient (Wildman–Crippen LogP) is 1.07. The quantitative estimate of drug-likeness (QED) is 0.860. The monoisotopic (exact) mass is 296 g/mol. The van der Waals surface area contributed by atoms with Crippen molar-refractivity contribution >= 4 is 24.0 Å². The lowest BCUT2D eigenvalue weighted by molar-refractivity contribution is -0.116. The number of benzene rings is 1. The summed E-state index contributed by atoms with van der Waals surface area (Å²) in [6.45, 7) is 2.98. The van der Waals surface area contributed by atoms with E-state index in [2.05, 4.69) is 20.8 Å². The molecule has 1 heterocycles. The van der Waals surface area contributed by atoms with E-state index in [4.69, 9.17) is 5.73 Å². The summed E-state index contributed by atoms with van der Waals surface area (Å²) in [7, 11) is 0. The molecule has 0 saturated carbocycles. The fraction of sp³-hybridized carbons (Fsp3) is 0.333. The van der Waals surface area contributed by atoms with Crippen molar-refractivity contribution in [1.29, 1.82) is 0 Å². The van der Waals surface area contributed by atoms with Crippen molar-refractivity contribution in [3.05, 3.63) is 24.3 Å². The van der Waals surface area contributed by atoms with Gasteiger partial charge in [-0.3, -0.25) is 4.79 Å². The largest absolute Gasteiger partial charge is 0.330 e. The van der Waals surface area contributed by atoms with E-state index < -0.39 is 0 Å². The third-order valence-corrected chi connectivity index (χ3v) is 2.61. The van der Waals surface area contributed by atoms with Gasteiger partial charge in [-0.1, -0.05) is 12.1 Å². The highest BCUT2D eigenvalue weighted by molar-refractivity contribution is 5.91. The first-order chi connectivity index (χ1) is 9.24. The molecule has 3 N–H and O–H groups in total. The number of carbonyl (C=O) groups excluding carboxylic acids is 1. The molecule has 0 saturated heterocycles. The van der Waals surface area contributed by atoms with Crippen molar-refractivity contribution < 1.29 is 4.79 Å². The van der Waals surface area contributed by atoms with E-state index in [1.165, 1.54) is 0 Å². The molecule has 0 radical (unpaired) electrons. The van der Waals surface area contributed by atoms with Gasteiger partial charge in [-0.2, -0.15) is 0 Å². The van der Waals surface area contributed by atoms with E-state index in [1.807, 2.05) is 31.2 Å². The predicted molar refractivity (Wildman–Crippen MR) is 78.5 cm³/mol. The van der Waals surface area contributed by atoms with Crippen LogP contribution in [0.15, 0.2) is 24.3 Å². The zero-order chi connectivity index (χ0) is 13.7. The van der Waals surface area contributed by atoms with Crippen LogP contribution in [0.1, 0.15) is 13.3 Å². The number of halogens is 1. The van der Waals surface area contributed by atoms with Crippen LogP contribution in [0.5, 0.6) is 0 Å².